The van der Waals surface area contributed by atoms with E-state index >= 15 is 0 Å². The average Bonchev–Trinajstić information content (AvgIpc) is 2.45. The molecule has 1 aliphatic rings. The van der Waals surface area contributed by atoms with Gasteiger partial charge in [-0.25, -0.2) is 0 Å². The maximum atomic E-state index is 12.8. The first-order valence-corrected chi connectivity index (χ1v) is 7.23. The van der Waals surface area contributed by atoms with Gasteiger partial charge < -0.3 is 14.4 Å². The van der Waals surface area contributed by atoms with Crippen LogP contribution in [-0.4, -0.2) is 41.0 Å². The first-order valence-electron chi connectivity index (χ1n) is 7.23. The summed E-state index contributed by atoms with van der Waals surface area (Å²) in [5, 5.41) is 11.1. The number of carbonyl (C=O) groups excluding carboxylic acids is 1. The lowest BCUT2D eigenvalue weighted by atomic mass is 10.1. The molecule has 22 heavy (non-hydrogen) atoms. The Balaban J connectivity index is 2.55. The minimum atomic E-state index is -0.538. The highest BCUT2D eigenvalue weighted by Crippen LogP contribution is 2.38. The summed E-state index contributed by atoms with van der Waals surface area (Å²) in [6.07, 6.45) is 0. The fourth-order valence-electron chi connectivity index (χ4n) is 2.61. The maximum absolute atomic E-state index is 12.8. The van der Waals surface area contributed by atoms with E-state index in [1.165, 1.54) is 12.1 Å². The largest absolute Gasteiger partial charge is 0.486 e. The molecule has 0 N–H and O–H groups in total. The Bertz CT molecular complexity index is 590. The smallest absolute Gasteiger partial charge is 0.274 e. The third kappa shape index (κ3) is 2.98. The van der Waals surface area contributed by atoms with Crippen LogP contribution in [0.3, 0.4) is 0 Å². The quantitative estimate of drug-likeness (QED) is 0.631. The molecule has 1 aromatic carbocycles. The van der Waals surface area contributed by atoms with Gasteiger partial charge in [0.25, 0.3) is 11.6 Å². The van der Waals surface area contributed by atoms with Gasteiger partial charge in [0.05, 0.1) is 16.6 Å². The second-order valence-corrected chi connectivity index (χ2v) is 5.67. The number of ether oxygens (including phenoxy) is 2. The standard InChI is InChI=1S/C15H20N2O5/c1-9(2)16(10(3)4)15(18)12-7-11(17(19)20)8-13-14(12)22-6-5-21-13/h7-10H,5-6H2,1-4H3. The molecule has 7 heteroatoms. The van der Waals surface area contributed by atoms with Gasteiger partial charge in [-0.05, 0) is 27.7 Å². The highest BCUT2D eigenvalue weighted by Gasteiger charge is 2.30. The van der Waals surface area contributed by atoms with E-state index in [1.807, 2.05) is 27.7 Å². The van der Waals surface area contributed by atoms with Crippen LogP contribution in [0.1, 0.15) is 38.1 Å². The number of benzene rings is 1. The van der Waals surface area contributed by atoms with Crippen molar-refractivity contribution in [2.45, 2.75) is 39.8 Å². The summed E-state index contributed by atoms with van der Waals surface area (Å²) in [5.74, 6) is 0.236. The number of fused-ring (bicyclic) bond motifs is 1. The molecular weight excluding hydrogens is 288 g/mol. The van der Waals surface area contributed by atoms with Gasteiger partial charge in [-0.3, -0.25) is 14.9 Å². The lowest BCUT2D eigenvalue weighted by Crippen LogP contribution is -2.42. The third-order valence-electron chi connectivity index (χ3n) is 3.42. The lowest BCUT2D eigenvalue weighted by molar-refractivity contribution is -0.385. The fourth-order valence-corrected chi connectivity index (χ4v) is 2.61. The zero-order valence-corrected chi connectivity index (χ0v) is 13.2. The topological polar surface area (TPSA) is 81.9 Å². The molecule has 0 spiro atoms. The number of carbonyl (C=O) groups is 1. The molecule has 0 aromatic heterocycles. The Morgan fingerprint density at radius 1 is 1.18 bits per heavy atom. The van der Waals surface area contributed by atoms with Crippen LogP contribution in [0.2, 0.25) is 0 Å². The molecule has 2 rings (SSSR count). The molecule has 1 amide bonds. The fraction of sp³-hybridized carbons (Fsp3) is 0.533. The summed E-state index contributed by atoms with van der Waals surface area (Å²) < 4.78 is 10.9. The lowest BCUT2D eigenvalue weighted by Gasteiger charge is -2.32. The van der Waals surface area contributed by atoms with E-state index < -0.39 is 4.92 Å². The van der Waals surface area contributed by atoms with E-state index in [1.54, 1.807) is 4.90 Å². The van der Waals surface area contributed by atoms with E-state index in [4.69, 9.17) is 9.47 Å². The molecule has 0 radical (unpaired) electrons. The molecule has 7 nitrogen and oxygen atoms in total. The Kier molecular flexibility index (Phi) is 4.54. The van der Waals surface area contributed by atoms with Crippen LogP contribution in [0.15, 0.2) is 12.1 Å². The van der Waals surface area contributed by atoms with Gasteiger partial charge in [0, 0.05) is 18.2 Å². The molecule has 120 valence electrons. The Morgan fingerprint density at radius 2 is 1.77 bits per heavy atom. The Hall–Kier alpha value is -2.31. The van der Waals surface area contributed by atoms with Crippen molar-refractivity contribution < 1.29 is 19.2 Å². The molecule has 0 saturated heterocycles. The molecule has 0 bridgehead atoms. The zero-order chi connectivity index (χ0) is 16.4. The molecule has 1 aromatic rings. The first kappa shape index (κ1) is 16.1. The molecular formula is C15H20N2O5. The molecule has 1 heterocycles. The van der Waals surface area contributed by atoms with E-state index in [9.17, 15) is 14.9 Å². The van der Waals surface area contributed by atoms with Crippen LogP contribution in [0.5, 0.6) is 11.5 Å². The predicted octanol–water partition coefficient (Wildman–Crippen LogP) is 2.63. The minimum Gasteiger partial charge on any atom is -0.486 e. The van der Waals surface area contributed by atoms with E-state index in [0.29, 0.717) is 13.2 Å². The molecule has 0 unspecified atom stereocenters. The average molecular weight is 308 g/mol. The summed E-state index contributed by atoms with van der Waals surface area (Å²) in [5.41, 5.74) is -0.00800. The van der Waals surface area contributed by atoms with Gasteiger partial charge in [-0.15, -0.1) is 0 Å². The number of hydrogen-bond acceptors (Lipinski definition) is 5. The Morgan fingerprint density at radius 3 is 2.32 bits per heavy atom. The van der Waals surface area contributed by atoms with E-state index in [-0.39, 0.29) is 40.7 Å². The van der Waals surface area contributed by atoms with Crippen molar-refractivity contribution in [3.8, 4) is 11.5 Å². The first-order chi connectivity index (χ1) is 10.3. The summed E-state index contributed by atoms with van der Waals surface area (Å²) in [6.45, 7) is 8.23. The predicted molar refractivity (Wildman–Crippen MR) is 80.5 cm³/mol. The van der Waals surface area contributed by atoms with Crippen LogP contribution in [-0.2, 0) is 0 Å². The molecule has 0 atom stereocenters. The number of nitro benzene ring substituents is 1. The summed E-state index contributed by atoms with van der Waals surface area (Å²) in [4.78, 5) is 25.1. The van der Waals surface area contributed by atoms with Crippen molar-refractivity contribution >= 4 is 11.6 Å². The van der Waals surface area contributed by atoms with Gasteiger partial charge in [0.1, 0.15) is 13.2 Å². The van der Waals surface area contributed by atoms with Crippen molar-refractivity contribution in [1.29, 1.82) is 0 Å². The van der Waals surface area contributed by atoms with Crippen LogP contribution in [0, 0.1) is 10.1 Å². The monoisotopic (exact) mass is 308 g/mol. The van der Waals surface area contributed by atoms with Crippen LogP contribution in [0.25, 0.3) is 0 Å². The zero-order valence-electron chi connectivity index (χ0n) is 13.2. The van der Waals surface area contributed by atoms with Gasteiger partial charge in [0.15, 0.2) is 11.5 Å². The molecule has 1 aliphatic heterocycles. The van der Waals surface area contributed by atoms with E-state index in [2.05, 4.69) is 0 Å². The summed E-state index contributed by atoms with van der Waals surface area (Å²) in [6, 6.07) is 2.48. The van der Waals surface area contributed by atoms with E-state index in [0.717, 1.165) is 0 Å². The minimum absolute atomic E-state index is 0.0353. The number of nitrogens with zero attached hydrogens (tertiary/aromatic N) is 2. The second-order valence-electron chi connectivity index (χ2n) is 5.67. The number of rotatable bonds is 4. The third-order valence-corrected chi connectivity index (χ3v) is 3.42. The molecule has 0 saturated carbocycles. The highest BCUT2D eigenvalue weighted by atomic mass is 16.6. The van der Waals surface area contributed by atoms with Crippen molar-refractivity contribution in [3.05, 3.63) is 27.8 Å². The van der Waals surface area contributed by atoms with Gasteiger partial charge in [-0.1, -0.05) is 0 Å². The van der Waals surface area contributed by atoms with Crippen LogP contribution < -0.4 is 9.47 Å². The molecule has 0 aliphatic carbocycles. The summed E-state index contributed by atoms with van der Waals surface area (Å²) >= 11 is 0. The van der Waals surface area contributed by atoms with Gasteiger partial charge in [-0.2, -0.15) is 0 Å². The highest BCUT2D eigenvalue weighted by molar-refractivity contribution is 5.99. The normalized spacial score (nSPS) is 13.4. The number of amides is 1. The van der Waals surface area contributed by atoms with Gasteiger partial charge in [0.2, 0.25) is 0 Å². The maximum Gasteiger partial charge on any atom is 0.274 e. The van der Waals surface area contributed by atoms with Crippen molar-refractivity contribution in [3.63, 3.8) is 0 Å². The van der Waals surface area contributed by atoms with Crippen molar-refractivity contribution in [2.24, 2.45) is 0 Å². The number of non-ortho nitro benzene ring substituents is 1. The Labute approximate surface area is 129 Å². The van der Waals surface area contributed by atoms with Crippen LogP contribution in [0.4, 0.5) is 5.69 Å². The molecule has 0 fully saturated rings. The van der Waals surface area contributed by atoms with Crippen LogP contribution >= 0.6 is 0 Å². The van der Waals surface area contributed by atoms with Crippen molar-refractivity contribution in [1.82, 2.24) is 4.90 Å². The summed E-state index contributed by atoms with van der Waals surface area (Å²) in [7, 11) is 0. The number of nitro groups is 1. The van der Waals surface area contributed by atoms with Gasteiger partial charge >= 0.3 is 0 Å². The number of hydrogen-bond donors (Lipinski definition) is 0. The van der Waals surface area contributed by atoms with Crippen molar-refractivity contribution in [2.75, 3.05) is 13.2 Å². The second kappa shape index (κ2) is 6.21. The SMILES string of the molecule is CC(C)N(C(=O)c1cc([N+](=O)[O-])cc2c1OCCO2)C(C)C.